The first-order valence-electron chi connectivity index (χ1n) is 6.21. The third-order valence-corrected chi connectivity index (χ3v) is 4.21. The number of rotatable bonds is 5. The Morgan fingerprint density at radius 2 is 2.22 bits per heavy atom. The molecule has 5 heteroatoms. The summed E-state index contributed by atoms with van der Waals surface area (Å²) in [6, 6.07) is 0.368. The van der Waals surface area contributed by atoms with Gasteiger partial charge in [-0.05, 0) is 39.3 Å². The van der Waals surface area contributed by atoms with Crippen molar-refractivity contribution in [2.24, 2.45) is 7.05 Å². The second kappa shape index (κ2) is 5.63. The summed E-state index contributed by atoms with van der Waals surface area (Å²) in [6.07, 6.45) is 5.00. The first-order valence-corrected chi connectivity index (χ1v) is 7.02. The van der Waals surface area contributed by atoms with Crippen molar-refractivity contribution in [1.29, 1.82) is 0 Å². The molecule has 1 atom stereocenters. The summed E-state index contributed by atoms with van der Waals surface area (Å²) < 4.78 is 1.84. The fourth-order valence-electron chi connectivity index (χ4n) is 2.08. The molecular formula is C13H20N4S. The smallest absolute Gasteiger partial charge is 0.0900 e. The summed E-state index contributed by atoms with van der Waals surface area (Å²) in [4.78, 5) is 5.81. The molecule has 0 spiro atoms. The highest BCUT2D eigenvalue weighted by Crippen LogP contribution is 2.24. The van der Waals surface area contributed by atoms with E-state index >= 15 is 0 Å². The van der Waals surface area contributed by atoms with Crippen LogP contribution in [0.3, 0.4) is 0 Å². The number of hydrogen-bond acceptors (Lipinski definition) is 4. The number of hydrogen-bond donors (Lipinski definition) is 1. The molecule has 0 aliphatic heterocycles. The molecule has 2 rings (SSSR count). The van der Waals surface area contributed by atoms with Crippen molar-refractivity contribution in [3.05, 3.63) is 33.5 Å². The number of thiazole rings is 1. The van der Waals surface area contributed by atoms with Gasteiger partial charge in [-0.25, -0.2) is 4.98 Å². The maximum Gasteiger partial charge on any atom is 0.0900 e. The van der Waals surface area contributed by atoms with E-state index in [1.807, 2.05) is 17.9 Å². The van der Waals surface area contributed by atoms with Crippen LogP contribution in [0.1, 0.15) is 34.1 Å². The third-order valence-electron chi connectivity index (χ3n) is 2.96. The van der Waals surface area contributed by atoms with Crippen molar-refractivity contribution in [2.45, 2.75) is 33.2 Å². The van der Waals surface area contributed by atoms with E-state index < -0.39 is 0 Å². The first-order chi connectivity index (χ1) is 8.56. The van der Waals surface area contributed by atoms with Crippen molar-refractivity contribution in [1.82, 2.24) is 20.1 Å². The molecule has 0 aromatic carbocycles. The van der Waals surface area contributed by atoms with Crippen LogP contribution < -0.4 is 5.32 Å². The van der Waals surface area contributed by atoms with E-state index in [9.17, 15) is 0 Å². The summed E-state index contributed by atoms with van der Waals surface area (Å²) in [6.45, 7) is 7.30. The van der Waals surface area contributed by atoms with E-state index in [1.54, 1.807) is 11.3 Å². The molecule has 1 unspecified atom stereocenters. The van der Waals surface area contributed by atoms with Crippen LogP contribution in [-0.2, 0) is 13.5 Å². The number of aromatic nitrogens is 3. The molecule has 2 heterocycles. The molecule has 2 aromatic heterocycles. The van der Waals surface area contributed by atoms with Crippen molar-refractivity contribution >= 4 is 11.3 Å². The number of nitrogens with one attached hydrogen (secondary N) is 1. The summed E-state index contributed by atoms with van der Waals surface area (Å²) in [5, 5.41) is 8.86. The minimum Gasteiger partial charge on any atom is -0.309 e. The fraction of sp³-hybridized carbons (Fsp3) is 0.538. The highest BCUT2D eigenvalue weighted by Gasteiger charge is 2.12. The summed E-state index contributed by atoms with van der Waals surface area (Å²) in [5.74, 6) is 0. The average molecular weight is 264 g/mol. The lowest BCUT2D eigenvalue weighted by atomic mass is 10.2. The lowest BCUT2D eigenvalue weighted by Gasteiger charge is -2.12. The van der Waals surface area contributed by atoms with E-state index in [1.165, 1.54) is 10.4 Å². The van der Waals surface area contributed by atoms with Crippen molar-refractivity contribution in [3.63, 3.8) is 0 Å². The molecule has 0 bridgehead atoms. The Bertz CT molecular complexity index is 515. The van der Waals surface area contributed by atoms with Gasteiger partial charge in [-0.2, -0.15) is 5.10 Å². The van der Waals surface area contributed by atoms with Crippen LogP contribution in [0, 0.1) is 13.8 Å². The standard InChI is InChI=1S/C13H20N4S/c1-9(13-10(2)16-11(3)18-13)14-6-5-12-7-15-17(4)8-12/h7-9,14H,5-6H2,1-4H3. The van der Waals surface area contributed by atoms with E-state index in [0.717, 1.165) is 23.7 Å². The van der Waals surface area contributed by atoms with Crippen molar-refractivity contribution in [2.75, 3.05) is 6.54 Å². The topological polar surface area (TPSA) is 42.7 Å². The summed E-state index contributed by atoms with van der Waals surface area (Å²) in [7, 11) is 1.95. The molecule has 1 N–H and O–H groups in total. The Kier molecular flexibility index (Phi) is 4.14. The minimum absolute atomic E-state index is 0.368. The molecule has 98 valence electrons. The molecule has 0 saturated carbocycles. The molecule has 0 aliphatic carbocycles. The van der Waals surface area contributed by atoms with E-state index in [-0.39, 0.29) is 0 Å². The third kappa shape index (κ3) is 3.17. The van der Waals surface area contributed by atoms with Gasteiger partial charge in [0.15, 0.2) is 0 Å². The van der Waals surface area contributed by atoms with Crippen molar-refractivity contribution < 1.29 is 0 Å². The van der Waals surface area contributed by atoms with Gasteiger partial charge in [-0.15, -0.1) is 11.3 Å². The lowest BCUT2D eigenvalue weighted by molar-refractivity contribution is 0.581. The Labute approximate surface area is 112 Å². The fourth-order valence-corrected chi connectivity index (χ4v) is 3.03. The highest BCUT2D eigenvalue weighted by atomic mass is 32.1. The maximum atomic E-state index is 4.47. The van der Waals surface area contributed by atoms with Gasteiger partial charge < -0.3 is 5.32 Å². The van der Waals surface area contributed by atoms with E-state index in [0.29, 0.717) is 6.04 Å². The Balaban J connectivity index is 1.85. The second-order valence-electron chi connectivity index (χ2n) is 4.63. The van der Waals surface area contributed by atoms with Gasteiger partial charge in [0.1, 0.15) is 0 Å². The van der Waals surface area contributed by atoms with Gasteiger partial charge in [0.25, 0.3) is 0 Å². The lowest BCUT2D eigenvalue weighted by Crippen LogP contribution is -2.21. The van der Waals surface area contributed by atoms with Crippen LogP contribution in [0.25, 0.3) is 0 Å². The highest BCUT2D eigenvalue weighted by molar-refractivity contribution is 7.11. The van der Waals surface area contributed by atoms with Crippen LogP contribution in [0.4, 0.5) is 0 Å². The van der Waals surface area contributed by atoms with Crippen molar-refractivity contribution in [3.8, 4) is 0 Å². The van der Waals surface area contributed by atoms with E-state index in [2.05, 4.69) is 42.4 Å². The quantitative estimate of drug-likeness (QED) is 0.901. The van der Waals surface area contributed by atoms with Gasteiger partial charge in [0.05, 0.1) is 16.9 Å². The van der Waals surface area contributed by atoms with Crippen LogP contribution in [-0.4, -0.2) is 21.3 Å². The summed E-state index contributed by atoms with van der Waals surface area (Å²) in [5.41, 5.74) is 2.42. The zero-order chi connectivity index (χ0) is 13.1. The first kappa shape index (κ1) is 13.2. The zero-order valence-electron chi connectivity index (χ0n) is 11.4. The van der Waals surface area contributed by atoms with Crippen LogP contribution in [0.5, 0.6) is 0 Å². The largest absolute Gasteiger partial charge is 0.309 e. The Hall–Kier alpha value is -1.20. The van der Waals surface area contributed by atoms with Crippen LogP contribution in [0.2, 0.25) is 0 Å². The van der Waals surface area contributed by atoms with Gasteiger partial charge in [-0.3, -0.25) is 4.68 Å². The predicted molar refractivity (Wildman–Crippen MR) is 74.9 cm³/mol. The van der Waals surface area contributed by atoms with Gasteiger partial charge >= 0.3 is 0 Å². The Morgan fingerprint density at radius 3 is 2.78 bits per heavy atom. The second-order valence-corrected chi connectivity index (χ2v) is 5.87. The number of nitrogens with zero attached hydrogens (tertiary/aromatic N) is 3. The van der Waals surface area contributed by atoms with E-state index in [4.69, 9.17) is 0 Å². The molecule has 0 aliphatic rings. The SMILES string of the molecule is Cc1nc(C)c(C(C)NCCc2cnn(C)c2)s1. The maximum absolute atomic E-state index is 4.47. The molecule has 2 aromatic rings. The Morgan fingerprint density at radius 1 is 1.44 bits per heavy atom. The molecule has 0 radical (unpaired) electrons. The average Bonchev–Trinajstić information content (AvgIpc) is 2.85. The van der Waals surface area contributed by atoms with Gasteiger partial charge in [-0.1, -0.05) is 0 Å². The van der Waals surface area contributed by atoms with Gasteiger partial charge in [0.2, 0.25) is 0 Å². The molecule has 4 nitrogen and oxygen atoms in total. The van der Waals surface area contributed by atoms with Gasteiger partial charge in [0, 0.05) is 24.2 Å². The van der Waals surface area contributed by atoms with Crippen LogP contribution >= 0.6 is 11.3 Å². The summed E-state index contributed by atoms with van der Waals surface area (Å²) >= 11 is 1.78. The minimum atomic E-state index is 0.368. The monoisotopic (exact) mass is 264 g/mol. The number of aryl methyl sites for hydroxylation is 3. The van der Waals surface area contributed by atoms with Crippen LogP contribution in [0.15, 0.2) is 12.4 Å². The predicted octanol–water partition coefficient (Wildman–Crippen LogP) is 2.39. The normalized spacial score (nSPS) is 12.9. The molecule has 18 heavy (non-hydrogen) atoms. The molecule has 0 amide bonds. The zero-order valence-corrected chi connectivity index (χ0v) is 12.2. The molecule has 0 saturated heterocycles. The molecular weight excluding hydrogens is 244 g/mol. The molecule has 0 fully saturated rings.